The minimum atomic E-state index is -1.95. The summed E-state index contributed by atoms with van der Waals surface area (Å²) in [5.41, 5.74) is -2.84. The highest BCUT2D eigenvalue weighted by Gasteiger charge is 2.68. The summed E-state index contributed by atoms with van der Waals surface area (Å²) in [4.78, 5) is 92.9. The maximum Gasteiger partial charge on any atom is 0.374 e. The molecule has 1 aromatic heterocycles. The van der Waals surface area contributed by atoms with Gasteiger partial charge in [-0.15, -0.1) is 0 Å². The predicted octanol–water partition coefficient (Wildman–Crippen LogP) is 3.25. The molecular formula is C34H43NO13. The highest BCUT2D eigenvalue weighted by atomic mass is 17.2. The van der Waals surface area contributed by atoms with Gasteiger partial charge in [-0.3, -0.25) is 33.8 Å². The second kappa shape index (κ2) is 14.1. The molecule has 14 heteroatoms. The van der Waals surface area contributed by atoms with Crippen LogP contribution in [0.1, 0.15) is 78.6 Å². The average molecular weight is 674 g/mol. The number of hydrogen-bond donors (Lipinski definition) is 0. The number of rotatable bonds is 7. The molecule has 14 nitrogen and oxygen atoms in total. The van der Waals surface area contributed by atoms with Gasteiger partial charge in [-0.25, -0.2) is 4.79 Å². The summed E-state index contributed by atoms with van der Waals surface area (Å²) in [6.45, 7) is 15.7. The first-order valence-electron chi connectivity index (χ1n) is 15.8. The Labute approximate surface area is 278 Å². The molecule has 48 heavy (non-hydrogen) atoms. The Kier molecular flexibility index (Phi) is 10.8. The second-order valence-electron chi connectivity index (χ2n) is 13.4. The van der Waals surface area contributed by atoms with Gasteiger partial charge in [-0.2, -0.15) is 4.89 Å². The van der Waals surface area contributed by atoms with Crippen LogP contribution in [0.2, 0.25) is 0 Å². The second-order valence-corrected chi connectivity index (χ2v) is 13.4. The highest BCUT2D eigenvalue weighted by Crippen LogP contribution is 2.54. The Hall–Kier alpha value is -4.17. The molecule has 0 N–H and O–H groups in total. The standard InChI is InChI=1S/C34H43NO13/c1-16-14-34(46-22(7)39)26(27(16)43-20(5)37)28(44-21(6)38)17(2)24(42-19(4)36)13-25(47-48-32(41)23-11-10-12-35-15-23)33(8,9)31-29(45-31)18(3)30(34)40/h10-12,15-16,18,24-29,31H,2,13-14H2,1,3-9H3/t16-,18-,24-,25-,26-,27+,28+,29+,31+,34+/m1/s1. The molecule has 3 fully saturated rings. The van der Waals surface area contributed by atoms with Crippen molar-refractivity contribution in [3.8, 4) is 0 Å². The minimum Gasteiger partial charge on any atom is -0.462 e. The van der Waals surface area contributed by atoms with E-state index in [9.17, 15) is 28.8 Å². The van der Waals surface area contributed by atoms with E-state index in [2.05, 4.69) is 11.6 Å². The van der Waals surface area contributed by atoms with Gasteiger partial charge in [0, 0.05) is 69.8 Å². The predicted molar refractivity (Wildman–Crippen MR) is 163 cm³/mol. The number of ketones is 1. The number of esters is 4. The summed E-state index contributed by atoms with van der Waals surface area (Å²) in [6, 6.07) is 3.04. The monoisotopic (exact) mass is 673 g/mol. The number of hydrogen-bond acceptors (Lipinski definition) is 14. The van der Waals surface area contributed by atoms with Crippen LogP contribution in [0.25, 0.3) is 0 Å². The number of pyridine rings is 1. The van der Waals surface area contributed by atoms with Gasteiger partial charge in [-0.1, -0.05) is 34.3 Å². The van der Waals surface area contributed by atoms with E-state index in [1.54, 1.807) is 33.8 Å². The molecule has 2 heterocycles. The molecule has 0 bridgehead atoms. The number of ether oxygens (including phenoxy) is 5. The molecule has 0 spiro atoms. The summed E-state index contributed by atoms with van der Waals surface area (Å²) in [7, 11) is 0. The largest absolute Gasteiger partial charge is 0.462 e. The third-order valence-corrected chi connectivity index (χ3v) is 9.39. The molecule has 2 aliphatic carbocycles. The number of aromatic nitrogens is 1. The van der Waals surface area contributed by atoms with Gasteiger partial charge >= 0.3 is 29.8 Å². The highest BCUT2D eigenvalue weighted by molar-refractivity contribution is 5.93. The molecule has 10 atom stereocenters. The van der Waals surface area contributed by atoms with Gasteiger partial charge in [0.05, 0.1) is 23.7 Å². The van der Waals surface area contributed by atoms with E-state index in [0.717, 1.165) is 13.8 Å². The fourth-order valence-electron chi connectivity index (χ4n) is 7.16. The Morgan fingerprint density at radius 1 is 0.958 bits per heavy atom. The van der Waals surface area contributed by atoms with Crippen molar-refractivity contribution in [2.24, 2.45) is 23.2 Å². The first-order valence-corrected chi connectivity index (χ1v) is 15.8. The molecule has 2 saturated carbocycles. The zero-order valence-corrected chi connectivity index (χ0v) is 28.4. The van der Waals surface area contributed by atoms with Crippen molar-refractivity contribution in [3.05, 3.63) is 42.2 Å². The van der Waals surface area contributed by atoms with E-state index in [0.29, 0.717) is 0 Å². The van der Waals surface area contributed by atoms with Crippen LogP contribution in [0.15, 0.2) is 36.7 Å². The van der Waals surface area contributed by atoms with Crippen molar-refractivity contribution < 1.29 is 62.2 Å². The Bertz CT molecular complexity index is 1460. The van der Waals surface area contributed by atoms with E-state index < -0.39 is 101 Å². The maximum absolute atomic E-state index is 14.7. The van der Waals surface area contributed by atoms with Crippen molar-refractivity contribution in [2.75, 3.05) is 0 Å². The lowest BCUT2D eigenvalue weighted by atomic mass is 9.70. The van der Waals surface area contributed by atoms with Crippen LogP contribution >= 0.6 is 0 Å². The van der Waals surface area contributed by atoms with Crippen molar-refractivity contribution >= 4 is 35.6 Å². The van der Waals surface area contributed by atoms with Gasteiger partial charge in [0.25, 0.3) is 0 Å². The van der Waals surface area contributed by atoms with Crippen molar-refractivity contribution in [1.82, 2.24) is 4.98 Å². The van der Waals surface area contributed by atoms with Crippen LogP contribution in [0, 0.1) is 23.2 Å². The van der Waals surface area contributed by atoms with Crippen LogP contribution in [0.5, 0.6) is 0 Å². The fraction of sp³-hybridized carbons (Fsp3) is 0.618. The summed E-state index contributed by atoms with van der Waals surface area (Å²) >= 11 is 0. The zero-order chi connectivity index (χ0) is 35.7. The van der Waals surface area contributed by atoms with Gasteiger partial charge in [0.2, 0.25) is 0 Å². The summed E-state index contributed by atoms with van der Waals surface area (Å²) in [5.74, 6) is -7.11. The number of nitrogens with zero attached hydrogens (tertiary/aromatic N) is 1. The van der Waals surface area contributed by atoms with Gasteiger partial charge in [0.1, 0.15) is 24.4 Å². The SMILES string of the molecule is C=C1[C@H](OC(C)=O)C[C@@H](OOC(=O)c2cccnc2)C(C)(C)[C@H]2O[C@H]2[C@@H](C)C(=O)[C@]2(OC(C)=O)C[C@@H](C)[C@H](OC(C)=O)[C@@H]2[C@H]1OC(C)=O. The normalized spacial score (nSPS) is 34.2. The van der Waals surface area contributed by atoms with Gasteiger partial charge < -0.3 is 23.7 Å². The molecule has 3 aliphatic rings. The molecular weight excluding hydrogens is 630 g/mol. The average Bonchev–Trinajstić information content (AvgIpc) is 3.77. The van der Waals surface area contributed by atoms with Crippen molar-refractivity contribution in [1.29, 1.82) is 0 Å². The first-order chi connectivity index (χ1) is 22.4. The zero-order valence-electron chi connectivity index (χ0n) is 28.4. The lowest BCUT2D eigenvalue weighted by molar-refractivity contribution is -0.302. The van der Waals surface area contributed by atoms with Gasteiger partial charge in [-0.05, 0) is 18.1 Å². The molecule has 1 aliphatic heterocycles. The maximum atomic E-state index is 14.7. The van der Waals surface area contributed by atoms with E-state index in [1.807, 2.05) is 0 Å². The first kappa shape index (κ1) is 36.7. The number of epoxide rings is 1. The minimum absolute atomic E-state index is 0.00884. The van der Waals surface area contributed by atoms with E-state index >= 15 is 0 Å². The number of carbonyl (C=O) groups is 6. The van der Waals surface area contributed by atoms with Crippen molar-refractivity contribution in [3.63, 3.8) is 0 Å². The van der Waals surface area contributed by atoms with Crippen LogP contribution < -0.4 is 0 Å². The summed E-state index contributed by atoms with van der Waals surface area (Å²) in [6.07, 6.45) is -3.69. The van der Waals surface area contributed by atoms with Crippen LogP contribution in [-0.2, 0) is 57.4 Å². The smallest absolute Gasteiger partial charge is 0.374 e. The third kappa shape index (κ3) is 7.44. The lowest BCUT2D eigenvalue weighted by Gasteiger charge is -2.42. The van der Waals surface area contributed by atoms with E-state index in [-0.39, 0.29) is 24.0 Å². The molecule has 4 rings (SSSR count). The lowest BCUT2D eigenvalue weighted by Crippen LogP contribution is -2.58. The quantitative estimate of drug-likeness (QED) is 0.103. The van der Waals surface area contributed by atoms with Crippen LogP contribution in [-0.4, -0.2) is 82.8 Å². The molecule has 0 radical (unpaired) electrons. The van der Waals surface area contributed by atoms with Crippen molar-refractivity contribution in [2.45, 2.75) is 110 Å². The van der Waals surface area contributed by atoms with E-state index in [1.165, 1.54) is 32.3 Å². The third-order valence-electron chi connectivity index (χ3n) is 9.39. The number of carbonyl (C=O) groups excluding carboxylic acids is 6. The molecule has 1 aromatic rings. The summed E-state index contributed by atoms with van der Waals surface area (Å²) in [5, 5.41) is 0. The molecule has 0 amide bonds. The fourth-order valence-corrected chi connectivity index (χ4v) is 7.16. The molecule has 1 saturated heterocycles. The molecule has 0 aromatic carbocycles. The molecule has 262 valence electrons. The topological polar surface area (TPSA) is 183 Å². The van der Waals surface area contributed by atoms with Crippen LogP contribution in [0.4, 0.5) is 0 Å². The Balaban J connectivity index is 1.88. The number of fused-ring (bicyclic) bond motifs is 2. The van der Waals surface area contributed by atoms with Gasteiger partial charge in [0.15, 0.2) is 11.4 Å². The van der Waals surface area contributed by atoms with E-state index in [4.69, 9.17) is 33.5 Å². The Morgan fingerprint density at radius 2 is 1.60 bits per heavy atom. The Morgan fingerprint density at radius 3 is 2.17 bits per heavy atom. The number of Topliss-reactive ketones (excluding diaryl/α,β-unsaturated/α-hetero) is 1. The molecule has 0 unspecified atom stereocenters. The van der Waals surface area contributed by atoms with Crippen LogP contribution in [0.3, 0.4) is 0 Å². The summed E-state index contributed by atoms with van der Waals surface area (Å²) < 4.78 is 29.4.